The van der Waals surface area contributed by atoms with Crippen LogP contribution in [0.3, 0.4) is 0 Å². The average Bonchev–Trinajstić information content (AvgIpc) is 2.16. The number of benzene rings is 1. The number of rotatable bonds is 1. The lowest BCUT2D eigenvalue weighted by Gasteiger charge is -2.23. The van der Waals surface area contributed by atoms with Gasteiger partial charge < -0.3 is 15.6 Å². The van der Waals surface area contributed by atoms with Crippen molar-refractivity contribution in [2.45, 2.75) is 12.5 Å². The predicted molar refractivity (Wildman–Crippen MR) is 50.4 cm³/mol. The van der Waals surface area contributed by atoms with Gasteiger partial charge in [-0.25, -0.2) is 9.18 Å². The van der Waals surface area contributed by atoms with E-state index in [4.69, 9.17) is 15.6 Å². The lowest BCUT2D eigenvalue weighted by Crippen LogP contribution is -2.21. The number of carboxylic acid groups (broad SMARTS) is 1. The summed E-state index contributed by atoms with van der Waals surface area (Å²) in [5.41, 5.74) is 5.96. The van der Waals surface area contributed by atoms with E-state index in [9.17, 15) is 9.18 Å². The molecule has 0 saturated carbocycles. The second kappa shape index (κ2) is 3.51. The van der Waals surface area contributed by atoms with Gasteiger partial charge in [-0.05, 0) is 6.07 Å². The zero-order valence-electron chi connectivity index (χ0n) is 7.87. The molecule has 5 heteroatoms. The Morgan fingerprint density at radius 1 is 1.60 bits per heavy atom. The summed E-state index contributed by atoms with van der Waals surface area (Å²) in [5.74, 6) is -1.75. The molecule has 80 valence electrons. The van der Waals surface area contributed by atoms with Crippen LogP contribution >= 0.6 is 0 Å². The van der Waals surface area contributed by atoms with E-state index in [0.29, 0.717) is 24.3 Å². The first-order chi connectivity index (χ1) is 7.09. The molecule has 0 bridgehead atoms. The molecule has 1 atom stereocenters. The van der Waals surface area contributed by atoms with Gasteiger partial charge in [0.05, 0.1) is 12.2 Å². The van der Waals surface area contributed by atoms with Crippen molar-refractivity contribution in [1.82, 2.24) is 0 Å². The molecule has 0 unspecified atom stereocenters. The van der Waals surface area contributed by atoms with Crippen LogP contribution in [0.5, 0.6) is 5.75 Å². The number of ether oxygens (including phenoxy) is 1. The van der Waals surface area contributed by atoms with E-state index in [1.54, 1.807) is 0 Å². The molecule has 3 N–H and O–H groups in total. The van der Waals surface area contributed by atoms with Crippen LogP contribution < -0.4 is 10.5 Å². The van der Waals surface area contributed by atoms with Gasteiger partial charge in [-0.2, -0.15) is 0 Å². The van der Waals surface area contributed by atoms with Gasteiger partial charge in [0, 0.05) is 24.1 Å². The molecule has 1 aliphatic rings. The molecule has 1 heterocycles. The van der Waals surface area contributed by atoms with Crippen molar-refractivity contribution >= 4 is 5.97 Å². The van der Waals surface area contributed by atoms with Gasteiger partial charge in [0.2, 0.25) is 0 Å². The molecule has 0 fully saturated rings. The van der Waals surface area contributed by atoms with Crippen molar-refractivity contribution in [2.75, 3.05) is 6.61 Å². The topological polar surface area (TPSA) is 72.5 Å². The minimum absolute atomic E-state index is 0.285. The Balaban J connectivity index is 2.55. The van der Waals surface area contributed by atoms with Gasteiger partial charge in [0.1, 0.15) is 11.6 Å². The highest BCUT2D eigenvalue weighted by molar-refractivity contribution is 5.88. The third-order valence-corrected chi connectivity index (χ3v) is 2.42. The number of carboxylic acids is 1. The summed E-state index contributed by atoms with van der Waals surface area (Å²) >= 11 is 0. The Morgan fingerprint density at radius 3 is 3.00 bits per heavy atom. The highest BCUT2D eigenvalue weighted by Gasteiger charge is 2.22. The van der Waals surface area contributed by atoms with Crippen LogP contribution in [0, 0.1) is 5.82 Å². The van der Waals surface area contributed by atoms with E-state index in [-0.39, 0.29) is 11.6 Å². The third-order valence-electron chi connectivity index (χ3n) is 2.42. The Morgan fingerprint density at radius 2 is 2.33 bits per heavy atom. The van der Waals surface area contributed by atoms with Gasteiger partial charge in [0.25, 0.3) is 0 Å². The molecule has 1 aromatic rings. The normalized spacial score (nSPS) is 19.2. The minimum Gasteiger partial charge on any atom is -0.493 e. The monoisotopic (exact) mass is 211 g/mol. The Labute approximate surface area is 85.5 Å². The number of aromatic carboxylic acids is 1. The summed E-state index contributed by atoms with van der Waals surface area (Å²) in [6.45, 7) is 0.431. The number of hydrogen-bond acceptors (Lipinski definition) is 3. The molecule has 0 spiro atoms. The van der Waals surface area contributed by atoms with Crippen molar-refractivity contribution in [3.05, 3.63) is 29.1 Å². The lowest BCUT2D eigenvalue weighted by atomic mass is 9.99. The molecular weight excluding hydrogens is 201 g/mol. The molecule has 1 aliphatic heterocycles. The molecule has 2 rings (SSSR count). The Bertz CT molecular complexity index is 419. The molecule has 0 aliphatic carbocycles. The number of hydrogen-bond donors (Lipinski definition) is 2. The maximum absolute atomic E-state index is 13.3. The standard InChI is InChI=1S/C10H10FNO3/c11-7-4-9-6(3-5(7)10(13)14)8(12)1-2-15-9/h3-4,8H,1-2,12H2,(H,13,14)/t8-/m1/s1. The van der Waals surface area contributed by atoms with Crippen molar-refractivity contribution < 1.29 is 19.0 Å². The van der Waals surface area contributed by atoms with Gasteiger partial charge in [-0.3, -0.25) is 0 Å². The fourth-order valence-corrected chi connectivity index (χ4v) is 1.60. The lowest BCUT2D eigenvalue weighted by molar-refractivity contribution is 0.0691. The smallest absolute Gasteiger partial charge is 0.338 e. The SMILES string of the molecule is N[C@@H]1CCOc2cc(F)c(C(=O)O)cc21. The first-order valence-electron chi connectivity index (χ1n) is 4.54. The van der Waals surface area contributed by atoms with E-state index in [2.05, 4.69) is 0 Å². The summed E-state index contributed by atoms with van der Waals surface area (Å²) < 4.78 is 18.5. The molecule has 4 nitrogen and oxygen atoms in total. The Kier molecular flexibility index (Phi) is 2.32. The van der Waals surface area contributed by atoms with Crippen molar-refractivity contribution in [3.63, 3.8) is 0 Å². The highest BCUT2D eigenvalue weighted by atomic mass is 19.1. The Hall–Kier alpha value is -1.62. The zero-order valence-corrected chi connectivity index (χ0v) is 7.87. The molecule has 1 aromatic carbocycles. The van der Waals surface area contributed by atoms with Gasteiger partial charge in [-0.15, -0.1) is 0 Å². The molecule has 0 radical (unpaired) electrons. The van der Waals surface area contributed by atoms with E-state index in [1.165, 1.54) is 6.07 Å². The molecule has 0 saturated heterocycles. The number of fused-ring (bicyclic) bond motifs is 1. The van der Waals surface area contributed by atoms with Crippen LogP contribution in [0.15, 0.2) is 12.1 Å². The van der Waals surface area contributed by atoms with Crippen molar-refractivity contribution in [3.8, 4) is 5.75 Å². The summed E-state index contributed by atoms with van der Waals surface area (Å²) in [7, 11) is 0. The fourth-order valence-electron chi connectivity index (χ4n) is 1.60. The maximum Gasteiger partial charge on any atom is 0.338 e. The van der Waals surface area contributed by atoms with Crippen LogP contribution in [-0.2, 0) is 0 Å². The first-order valence-corrected chi connectivity index (χ1v) is 4.54. The van der Waals surface area contributed by atoms with E-state index in [0.717, 1.165) is 6.07 Å². The van der Waals surface area contributed by atoms with E-state index in [1.807, 2.05) is 0 Å². The minimum atomic E-state index is -1.30. The number of carbonyl (C=O) groups is 1. The van der Waals surface area contributed by atoms with Crippen LogP contribution in [0.2, 0.25) is 0 Å². The van der Waals surface area contributed by atoms with Crippen molar-refractivity contribution in [1.29, 1.82) is 0 Å². The van der Waals surface area contributed by atoms with Crippen LogP contribution in [0.1, 0.15) is 28.4 Å². The molecule has 0 aromatic heterocycles. The maximum atomic E-state index is 13.3. The zero-order chi connectivity index (χ0) is 11.0. The molecule has 0 amide bonds. The van der Waals surface area contributed by atoms with Crippen LogP contribution in [0.25, 0.3) is 0 Å². The number of halogens is 1. The average molecular weight is 211 g/mol. The third kappa shape index (κ3) is 1.66. The second-order valence-corrected chi connectivity index (χ2v) is 3.42. The van der Waals surface area contributed by atoms with Crippen molar-refractivity contribution in [2.24, 2.45) is 5.73 Å². The van der Waals surface area contributed by atoms with Crippen LogP contribution in [0.4, 0.5) is 4.39 Å². The summed E-state index contributed by atoms with van der Waals surface area (Å²) in [6.07, 6.45) is 0.609. The highest BCUT2D eigenvalue weighted by Crippen LogP contribution is 2.32. The first kappa shape index (κ1) is 9.92. The van der Waals surface area contributed by atoms with E-state index < -0.39 is 11.8 Å². The van der Waals surface area contributed by atoms with Gasteiger partial charge in [-0.1, -0.05) is 0 Å². The van der Waals surface area contributed by atoms with E-state index >= 15 is 0 Å². The molecular formula is C10H10FNO3. The fraction of sp³-hybridized carbons (Fsp3) is 0.300. The van der Waals surface area contributed by atoms with Crippen LogP contribution in [-0.4, -0.2) is 17.7 Å². The summed E-state index contributed by atoms with van der Waals surface area (Å²) in [4.78, 5) is 10.7. The van der Waals surface area contributed by atoms with Gasteiger partial charge in [0.15, 0.2) is 0 Å². The second-order valence-electron chi connectivity index (χ2n) is 3.42. The van der Waals surface area contributed by atoms with Gasteiger partial charge >= 0.3 is 5.97 Å². The quantitative estimate of drug-likeness (QED) is 0.734. The summed E-state index contributed by atoms with van der Waals surface area (Å²) in [5, 5.41) is 8.73. The summed E-state index contributed by atoms with van der Waals surface area (Å²) in [6, 6.07) is 2.04. The largest absolute Gasteiger partial charge is 0.493 e. The predicted octanol–water partition coefficient (Wildman–Crippen LogP) is 1.31. The number of nitrogens with two attached hydrogens (primary N) is 1. The molecule has 15 heavy (non-hydrogen) atoms.